The molecule has 1 atom stereocenters. The van der Waals surface area contributed by atoms with Gasteiger partial charge in [0.15, 0.2) is 0 Å². The maximum absolute atomic E-state index is 13.7. The number of hydrogen-bond donors (Lipinski definition) is 3. The lowest BCUT2D eigenvalue weighted by Gasteiger charge is -2.52. The first-order valence-corrected chi connectivity index (χ1v) is 15.2. The summed E-state index contributed by atoms with van der Waals surface area (Å²) in [5.74, 6) is -0.936. The number of halogens is 1. The summed E-state index contributed by atoms with van der Waals surface area (Å²) < 4.78 is 0. The van der Waals surface area contributed by atoms with Crippen molar-refractivity contribution in [2.75, 3.05) is 26.2 Å². The van der Waals surface area contributed by atoms with Crippen LogP contribution in [0.1, 0.15) is 106 Å². The topological polar surface area (TPSA) is 110 Å². The number of nitrogens with one attached hydrogen (secondary N) is 1. The summed E-state index contributed by atoms with van der Waals surface area (Å²) >= 11 is 0. The molecule has 0 radical (unpaired) electrons. The highest BCUT2D eigenvalue weighted by atomic mass is 35.5. The number of amides is 2. The van der Waals surface area contributed by atoms with E-state index in [9.17, 15) is 19.5 Å². The summed E-state index contributed by atoms with van der Waals surface area (Å²) in [7, 11) is 0. The van der Waals surface area contributed by atoms with Gasteiger partial charge in [-0.25, -0.2) is 4.79 Å². The number of carboxylic acid groups (broad SMARTS) is 1. The molecule has 2 heterocycles. The Morgan fingerprint density at radius 3 is 2.25 bits per heavy atom. The van der Waals surface area contributed by atoms with E-state index in [0.29, 0.717) is 44.2 Å². The van der Waals surface area contributed by atoms with Crippen molar-refractivity contribution in [3.63, 3.8) is 0 Å². The van der Waals surface area contributed by atoms with E-state index in [0.717, 1.165) is 83.0 Å². The van der Waals surface area contributed by atoms with Crippen LogP contribution in [0.3, 0.4) is 0 Å². The predicted octanol–water partition coefficient (Wildman–Crippen LogP) is 4.57. The van der Waals surface area contributed by atoms with Crippen molar-refractivity contribution >= 4 is 30.2 Å². The monoisotopic (exact) mass is 577 g/mol. The highest BCUT2D eigenvalue weighted by molar-refractivity contribution is 6.00. The molecule has 1 aromatic rings. The van der Waals surface area contributed by atoms with Crippen molar-refractivity contribution in [3.05, 3.63) is 35.4 Å². The average molecular weight is 578 g/mol. The highest BCUT2D eigenvalue weighted by Gasteiger charge is 2.54. The standard InChI is InChI=1S/C31H47N3O5.ClH/c1-2-3-20-34-27(35)26(23-30(39)15-7-5-8-16-30)32-29(38)31(34)17-21-33(22-18-31)19-9-4-6-10-24-11-13-25(14-12-24)28(36)37;/h11-14,26,39H,2-10,15-23H2,1H3,(H,32,38)(H,36,37);1H/t26-;/m1./s1. The maximum Gasteiger partial charge on any atom is 0.335 e. The molecule has 4 rings (SSSR count). The van der Waals surface area contributed by atoms with E-state index < -0.39 is 23.2 Å². The van der Waals surface area contributed by atoms with Gasteiger partial charge in [-0.3, -0.25) is 9.59 Å². The number of benzene rings is 1. The molecule has 0 aromatic heterocycles. The second-order valence-corrected chi connectivity index (χ2v) is 12.0. The normalized spacial score (nSPS) is 22.6. The van der Waals surface area contributed by atoms with Crippen molar-refractivity contribution in [1.82, 2.24) is 15.1 Å². The van der Waals surface area contributed by atoms with Crippen molar-refractivity contribution < 1.29 is 24.6 Å². The minimum Gasteiger partial charge on any atom is -0.478 e. The Labute approximate surface area is 245 Å². The zero-order chi connectivity index (χ0) is 27.9. The van der Waals surface area contributed by atoms with E-state index in [1.807, 2.05) is 17.0 Å². The zero-order valence-corrected chi connectivity index (χ0v) is 24.9. The van der Waals surface area contributed by atoms with Crippen LogP contribution in [-0.2, 0) is 16.0 Å². The van der Waals surface area contributed by atoms with Crippen LogP contribution in [0.25, 0.3) is 0 Å². The number of piperidine rings is 1. The smallest absolute Gasteiger partial charge is 0.335 e. The second-order valence-electron chi connectivity index (χ2n) is 12.0. The number of carbonyl (C=O) groups is 3. The predicted molar refractivity (Wildman–Crippen MR) is 158 cm³/mol. The van der Waals surface area contributed by atoms with Crippen molar-refractivity contribution in [2.24, 2.45) is 0 Å². The number of carboxylic acids is 1. The minimum atomic E-state index is -0.897. The minimum absolute atomic E-state index is 0. The number of aryl methyl sites for hydroxylation is 1. The first kappa shape index (κ1) is 32.4. The fourth-order valence-electron chi connectivity index (χ4n) is 6.75. The first-order valence-electron chi connectivity index (χ1n) is 15.2. The molecule has 8 nitrogen and oxygen atoms in total. The van der Waals surface area contributed by atoms with E-state index in [1.165, 1.54) is 0 Å². The number of carbonyl (C=O) groups excluding carboxylic acids is 2. The molecule has 1 aromatic carbocycles. The molecule has 1 aliphatic carbocycles. The third-order valence-electron chi connectivity index (χ3n) is 9.24. The summed E-state index contributed by atoms with van der Waals surface area (Å²) in [6.45, 7) is 5.29. The second kappa shape index (κ2) is 14.6. The van der Waals surface area contributed by atoms with Gasteiger partial charge >= 0.3 is 5.97 Å². The summed E-state index contributed by atoms with van der Waals surface area (Å²) in [4.78, 5) is 42.6. The molecule has 0 bridgehead atoms. The van der Waals surface area contributed by atoms with E-state index in [4.69, 9.17) is 5.11 Å². The molecule has 0 unspecified atom stereocenters. The van der Waals surface area contributed by atoms with Gasteiger partial charge in [0.1, 0.15) is 11.6 Å². The summed E-state index contributed by atoms with van der Waals surface area (Å²) in [6.07, 6.45) is 12.1. The molecule has 40 heavy (non-hydrogen) atoms. The molecule has 3 aliphatic rings. The number of nitrogens with zero attached hydrogens (tertiary/aromatic N) is 2. The Kier molecular flexibility index (Phi) is 11.8. The van der Waals surface area contributed by atoms with Gasteiger partial charge in [-0.15, -0.1) is 12.4 Å². The Hall–Kier alpha value is -2.16. The molecule has 224 valence electrons. The molecule has 1 spiro atoms. The molecule has 2 saturated heterocycles. The van der Waals surface area contributed by atoms with Crippen LogP contribution < -0.4 is 5.32 Å². The number of unbranched alkanes of at least 4 members (excludes halogenated alkanes) is 3. The molecule has 2 amide bonds. The summed E-state index contributed by atoms with van der Waals surface area (Å²) in [6, 6.07) is 6.50. The van der Waals surface area contributed by atoms with Crippen molar-refractivity contribution in [1.29, 1.82) is 0 Å². The molecule has 1 saturated carbocycles. The quantitative estimate of drug-likeness (QED) is 0.314. The number of aliphatic hydroxyl groups is 1. The molecule has 9 heteroatoms. The molecular formula is C31H48ClN3O5. The number of hydrogen-bond acceptors (Lipinski definition) is 5. The van der Waals surface area contributed by atoms with Crippen molar-refractivity contribution in [3.8, 4) is 0 Å². The molecular weight excluding hydrogens is 530 g/mol. The van der Waals surface area contributed by atoms with E-state index >= 15 is 0 Å². The van der Waals surface area contributed by atoms with Crippen LogP contribution in [0, 0.1) is 0 Å². The number of piperazine rings is 1. The van der Waals surface area contributed by atoms with Gasteiger partial charge in [0.2, 0.25) is 11.8 Å². The van der Waals surface area contributed by atoms with Gasteiger partial charge in [-0.1, -0.05) is 51.2 Å². The van der Waals surface area contributed by atoms with Crippen LogP contribution in [0.2, 0.25) is 0 Å². The number of likely N-dealkylation sites (tertiary alicyclic amines) is 1. The molecule has 2 aliphatic heterocycles. The van der Waals surface area contributed by atoms with Gasteiger partial charge in [0.25, 0.3) is 0 Å². The lowest BCUT2D eigenvalue weighted by molar-refractivity contribution is -0.163. The Balaban J connectivity index is 0.00000441. The SMILES string of the molecule is CCCCN1C(=O)[C@@H](CC2(O)CCCCC2)NC(=O)C12CCN(CCCCCc1ccc(C(=O)O)cc1)CC2.Cl. The average Bonchev–Trinajstić information content (AvgIpc) is 2.93. The largest absolute Gasteiger partial charge is 0.478 e. The molecule has 3 N–H and O–H groups in total. The Morgan fingerprint density at radius 2 is 1.62 bits per heavy atom. The van der Waals surface area contributed by atoms with Gasteiger partial charge in [-0.05, 0) is 75.6 Å². The van der Waals surface area contributed by atoms with Crippen LogP contribution in [0.4, 0.5) is 0 Å². The lowest BCUT2D eigenvalue weighted by Crippen LogP contribution is -2.73. The molecule has 3 fully saturated rings. The highest BCUT2D eigenvalue weighted by Crippen LogP contribution is 2.37. The van der Waals surface area contributed by atoms with Crippen LogP contribution in [0.5, 0.6) is 0 Å². The third kappa shape index (κ3) is 7.77. The van der Waals surface area contributed by atoms with Crippen molar-refractivity contribution in [2.45, 2.75) is 114 Å². The summed E-state index contributed by atoms with van der Waals surface area (Å²) in [5, 5.41) is 23.2. The lowest BCUT2D eigenvalue weighted by atomic mass is 9.77. The third-order valence-corrected chi connectivity index (χ3v) is 9.24. The summed E-state index contributed by atoms with van der Waals surface area (Å²) in [5.41, 5.74) is -0.136. The van der Waals surface area contributed by atoms with Crippen LogP contribution in [0.15, 0.2) is 24.3 Å². The fraction of sp³-hybridized carbons (Fsp3) is 0.710. The van der Waals surface area contributed by atoms with E-state index in [-0.39, 0.29) is 24.2 Å². The van der Waals surface area contributed by atoms with E-state index in [1.54, 1.807) is 12.1 Å². The number of rotatable bonds is 12. The Bertz CT molecular complexity index is 987. The zero-order valence-electron chi connectivity index (χ0n) is 24.0. The van der Waals surface area contributed by atoms with Crippen LogP contribution >= 0.6 is 12.4 Å². The Morgan fingerprint density at radius 1 is 0.950 bits per heavy atom. The fourth-order valence-corrected chi connectivity index (χ4v) is 6.75. The van der Waals surface area contributed by atoms with Gasteiger partial charge < -0.3 is 25.3 Å². The van der Waals surface area contributed by atoms with Gasteiger partial charge in [-0.2, -0.15) is 0 Å². The van der Waals surface area contributed by atoms with Gasteiger partial charge in [0, 0.05) is 26.1 Å². The maximum atomic E-state index is 13.7. The van der Waals surface area contributed by atoms with Gasteiger partial charge in [0.05, 0.1) is 11.2 Å². The number of aromatic carboxylic acids is 1. The van der Waals surface area contributed by atoms with E-state index in [2.05, 4.69) is 17.1 Å². The van der Waals surface area contributed by atoms with Crippen LogP contribution in [-0.4, -0.2) is 81.2 Å². The first-order chi connectivity index (χ1) is 18.8.